The van der Waals surface area contributed by atoms with Crippen LogP contribution in [0.15, 0.2) is 34.1 Å². The van der Waals surface area contributed by atoms with Crippen LogP contribution in [0, 0.1) is 0 Å². The molecule has 1 aromatic heterocycles. The van der Waals surface area contributed by atoms with Crippen LogP contribution in [-0.4, -0.2) is 28.1 Å². The molecular weight excluding hydrogens is 362 g/mol. The number of carboxylic acids is 2. The third-order valence-corrected chi connectivity index (χ3v) is 4.10. The molecule has 0 fully saturated rings. The molecule has 8 heteroatoms. The number of nitrogens with one attached hydrogen (secondary N) is 1. The number of carboxylic acid groups (broad SMARTS) is 2. The summed E-state index contributed by atoms with van der Waals surface area (Å²) in [6.45, 7) is 0. The van der Waals surface area contributed by atoms with E-state index in [0.29, 0.717) is 4.88 Å². The van der Waals surface area contributed by atoms with Gasteiger partial charge in [-0.25, -0.2) is 9.59 Å². The average Bonchev–Trinajstić information content (AvgIpc) is 2.85. The molecule has 0 spiro atoms. The lowest BCUT2D eigenvalue weighted by Crippen LogP contribution is -2.12. The Balaban J connectivity index is 2.32. The Labute approximate surface area is 131 Å². The third kappa shape index (κ3) is 3.67. The maximum absolute atomic E-state index is 12.0. The molecule has 108 valence electrons. The van der Waals surface area contributed by atoms with Gasteiger partial charge in [-0.1, -0.05) is 0 Å². The molecule has 6 nitrogen and oxygen atoms in total. The molecule has 0 radical (unpaired) electrons. The second-order valence-corrected chi connectivity index (χ2v) is 6.43. The van der Waals surface area contributed by atoms with E-state index in [1.807, 2.05) is 0 Å². The number of carbonyl (C=O) groups is 3. The van der Waals surface area contributed by atoms with Crippen LogP contribution in [-0.2, 0) is 0 Å². The van der Waals surface area contributed by atoms with Gasteiger partial charge in [0, 0.05) is 5.69 Å². The first kappa shape index (κ1) is 15.2. The molecule has 0 saturated heterocycles. The third-order valence-electron chi connectivity index (χ3n) is 2.48. The highest BCUT2D eigenvalue weighted by Crippen LogP contribution is 2.23. The van der Waals surface area contributed by atoms with E-state index in [4.69, 9.17) is 10.2 Å². The Kier molecular flexibility index (Phi) is 4.39. The fraction of sp³-hybridized carbons (Fsp3) is 0. The van der Waals surface area contributed by atoms with E-state index in [1.165, 1.54) is 23.5 Å². The van der Waals surface area contributed by atoms with Crippen LogP contribution in [0.1, 0.15) is 30.4 Å². The van der Waals surface area contributed by atoms with Crippen molar-refractivity contribution in [3.63, 3.8) is 0 Å². The van der Waals surface area contributed by atoms with Crippen molar-refractivity contribution in [3.8, 4) is 0 Å². The summed E-state index contributed by atoms with van der Waals surface area (Å²) in [7, 11) is 0. The van der Waals surface area contributed by atoms with Gasteiger partial charge in [-0.15, -0.1) is 11.3 Å². The van der Waals surface area contributed by atoms with Crippen molar-refractivity contribution in [1.82, 2.24) is 0 Å². The van der Waals surface area contributed by atoms with Crippen LogP contribution in [0.2, 0.25) is 0 Å². The summed E-state index contributed by atoms with van der Waals surface area (Å²) in [6, 6.07) is 6.74. The molecule has 0 saturated carbocycles. The van der Waals surface area contributed by atoms with Gasteiger partial charge in [0.05, 0.1) is 19.8 Å². The van der Waals surface area contributed by atoms with E-state index in [0.717, 1.165) is 9.85 Å². The van der Waals surface area contributed by atoms with E-state index in [-0.39, 0.29) is 16.8 Å². The number of carbonyl (C=O) groups excluding carboxylic acids is 1. The zero-order valence-electron chi connectivity index (χ0n) is 10.3. The number of aromatic carboxylic acids is 2. The summed E-state index contributed by atoms with van der Waals surface area (Å²) in [6.07, 6.45) is 0. The lowest BCUT2D eigenvalue weighted by Gasteiger charge is -2.06. The highest BCUT2D eigenvalue weighted by Gasteiger charge is 2.14. The van der Waals surface area contributed by atoms with Crippen molar-refractivity contribution in [2.75, 3.05) is 5.32 Å². The fourth-order valence-corrected chi connectivity index (χ4v) is 2.86. The van der Waals surface area contributed by atoms with Gasteiger partial charge < -0.3 is 15.5 Å². The van der Waals surface area contributed by atoms with Crippen LogP contribution in [0.3, 0.4) is 0 Å². The largest absolute Gasteiger partial charge is 0.478 e. The Morgan fingerprint density at radius 2 is 1.57 bits per heavy atom. The number of halogens is 1. The number of amides is 1. The van der Waals surface area contributed by atoms with Crippen molar-refractivity contribution in [3.05, 3.63) is 50.1 Å². The first-order valence-electron chi connectivity index (χ1n) is 5.55. The second-order valence-electron chi connectivity index (χ2n) is 3.97. The number of rotatable bonds is 4. The predicted molar refractivity (Wildman–Crippen MR) is 80.3 cm³/mol. The molecule has 0 aliphatic carbocycles. The standard InChI is InChI=1S/C13H8BrNO5S/c14-10-2-1-9(21-10)11(16)15-8-4-6(12(17)18)3-7(5-8)13(19)20/h1-5H,(H,15,16)(H,17,18)(H,19,20). The maximum atomic E-state index is 12.0. The van der Waals surface area contributed by atoms with Crippen molar-refractivity contribution in [1.29, 1.82) is 0 Å². The van der Waals surface area contributed by atoms with Gasteiger partial charge in [-0.05, 0) is 46.3 Å². The summed E-state index contributed by atoms with van der Waals surface area (Å²) < 4.78 is 0.776. The number of anilines is 1. The fourth-order valence-electron chi connectivity index (χ4n) is 1.58. The van der Waals surface area contributed by atoms with Crippen molar-refractivity contribution in [2.24, 2.45) is 0 Å². The monoisotopic (exact) mass is 369 g/mol. The molecule has 3 N–H and O–H groups in total. The Morgan fingerprint density at radius 3 is 2.00 bits per heavy atom. The SMILES string of the molecule is O=C(O)c1cc(NC(=O)c2ccc(Br)s2)cc(C(=O)O)c1. The molecule has 1 amide bonds. The van der Waals surface area contributed by atoms with Crippen molar-refractivity contribution >= 4 is 50.8 Å². The van der Waals surface area contributed by atoms with Gasteiger partial charge in [0.25, 0.3) is 5.91 Å². The zero-order valence-corrected chi connectivity index (χ0v) is 12.7. The number of thiophene rings is 1. The highest BCUT2D eigenvalue weighted by atomic mass is 79.9. The summed E-state index contributed by atoms with van der Waals surface area (Å²) in [5.74, 6) is -2.98. The van der Waals surface area contributed by atoms with Crippen molar-refractivity contribution < 1.29 is 24.6 Å². The number of hydrogen-bond acceptors (Lipinski definition) is 4. The Morgan fingerprint density at radius 1 is 1.00 bits per heavy atom. The van der Waals surface area contributed by atoms with Crippen LogP contribution < -0.4 is 5.32 Å². The topological polar surface area (TPSA) is 104 Å². The number of benzene rings is 1. The normalized spacial score (nSPS) is 10.1. The molecule has 2 rings (SSSR count). The summed E-state index contributed by atoms with van der Waals surface area (Å²) in [4.78, 5) is 34.3. The minimum Gasteiger partial charge on any atom is -0.478 e. The van der Waals surface area contributed by atoms with E-state index in [2.05, 4.69) is 21.2 Å². The van der Waals surface area contributed by atoms with Crippen molar-refractivity contribution in [2.45, 2.75) is 0 Å². The van der Waals surface area contributed by atoms with E-state index >= 15 is 0 Å². The smallest absolute Gasteiger partial charge is 0.335 e. The molecule has 0 aliphatic heterocycles. The first-order chi connectivity index (χ1) is 9.86. The van der Waals surface area contributed by atoms with Crippen LogP contribution >= 0.6 is 27.3 Å². The summed E-state index contributed by atoms with van der Waals surface area (Å²) >= 11 is 4.44. The summed E-state index contributed by atoms with van der Waals surface area (Å²) in [5.41, 5.74) is -0.308. The molecule has 21 heavy (non-hydrogen) atoms. The molecular formula is C13H8BrNO5S. The highest BCUT2D eigenvalue weighted by molar-refractivity contribution is 9.11. The maximum Gasteiger partial charge on any atom is 0.335 e. The summed E-state index contributed by atoms with van der Waals surface area (Å²) in [5, 5.41) is 20.4. The predicted octanol–water partition coefficient (Wildman–Crippen LogP) is 3.16. The van der Waals surface area contributed by atoms with Crippen LogP contribution in [0.4, 0.5) is 5.69 Å². The van der Waals surface area contributed by atoms with Gasteiger partial charge in [0.15, 0.2) is 0 Å². The lowest BCUT2D eigenvalue weighted by atomic mass is 10.1. The number of hydrogen-bond donors (Lipinski definition) is 3. The molecule has 1 aromatic carbocycles. The van der Waals surface area contributed by atoms with E-state index < -0.39 is 17.8 Å². The average molecular weight is 370 g/mol. The molecule has 0 atom stereocenters. The van der Waals surface area contributed by atoms with Gasteiger partial charge in [0.2, 0.25) is 0 Å². The van der Waals surface area contributed by atoms with E-state index in [9.17, 15) is 14.4 Å². The van der Waals surface area contributed by atoms with Gasteiger partial charge in [-0.3, -0.25) is 4.79 Å². The molecule has 0 unspecified atom stereocenters. The molecule has 0 aliphatic rings. The molecule has 0 bridgehead atoms. The quantitative estimate of drug-likeness (QED) is 0.767. The van der Waals surface area contributed by atoms with E-state index in [1.54, 1.807) is 12.1 Å². The van der Waals surface area contributed by atoms with Gasteiger partial charge >= 0.3 is 11.9 Å². The Hall–Kier alpha value is -2.19. The van der Waals surface area contributed by atoms with Gasteiger partial charge in [0.1, 0.15) is 0 Å². The first-order valence-corrected chi connectivity index (χ1v) is 7.16. The Bertz CT molecular complexity index is 708. The minimum absolute atomic E-state index is 0.113. The van der Waals surface area contributed by atoms with Gasteiger partial charge in [-0.2, -0.15) is 0 Å². The van der Waals surface area contributed by atoms with Crippen LogP contribution in [0.25, 0.3) is 0 Å². The molecule has 2 aromatic rings. The zero-order chi connectivity index (χ0) is 15.6. The second kappa shape index (κ2) is 6.06. The molecule has 1 heterocycles. The lowest BCUT2D eigenvalue weighted by molar-refractivity contribution is 0.0696. The van der Waals surface area contributed by atoms with Crippen LogP contribution in [0.5, 0.6) is 0 Å². The minimum atomic E-state index is -1.27.